The van der Waals surface area contributed by atoms with Crippen molar-refractivity contribution in [3.05, 3.63) is 18.3 Å². The molecule has 2 aromatic rings. The number of aromatic nitrogens is 4. The average molecular weight is 208 g/mol. The molecule has 2 aromatic heterocycles. The van der Waals surface area contributed by atoms with Crippen molar-refractivity contribution in [3.8, 4) is 11.4 Å². The molecular weight excluding hydrogens is 196 g/mol. The standard InChI is InChI=1S/C9H12N4O2/c1-13-6-7(5-10-13)9-11-8(15-12-9)3-2-4-14/h5-6,14H,2-4H2,1H3. The lowest BCUT2D eigenvalue weighted by Crippen LogP contribution is -1.89. The maximum Gasteiger partial charge on any atom is 0.227 e. The second-order valence-corrected chi connectivity index (χ2v) is 3.24. The van der Waals surface area contributed by atoms with Crippen molar-refractivity contribution in [3.63, 3.8) is 0 Å². The van der Waals surface area contributed by atoms with Crippen LogP contribution >= 0.6 is 0 Å². The summed E-state index contributed by atoms with van der Waals surface area (Å²) >= 11 is 0. The van der Waals surface area contributed by atoms with Gasteiger partial charge in [-0.3, -0.25) is 4.68 Å². The van der Waals surface area contributed by atoms with Crippen LogP contribution in [-0.4, -0.2) is 31.6 Å². The van der Waals surface area contributed by atoms with Crippen molar-refractivity contribution in [2.75, 3.05) is 6.61 Å². The summed E-state index contributed by atoms with van der Waals surface area (Å²) in [6.07, 6.45) is 4.74. The summed E-state index contributed by atoms with van der Waals surface area (Å²) in [5.41, 5.74) is 0.830. The van der Waals surface area contributed by atoms with Crippen molar-refractivity contribution in [2.24, 2.45) is 7.05 Å². The van der Waals surface area contributed by atoms with Gasteiger partial charge in [0.15, 0.2) is 0 Å². The van der Waals surface area contributed by atoms with E-state index in [-0.39, 0.29) is 6.61 Å². The Labute approximate surface area is 86.5 Å². The third-order valence-corrected chi connectivity index (χ3v) is 1.98. The zero-order valence-electron chi connectivity index (χ0n) is 8.42. The van der Waals surface area contributed by atoms with Crippen LogP contribution in [0.3, 0.4) is 0 Å². The van der Waals surface area contributed by atoms with Crippen molar-refractivity contribution < 1.29 is 9.63 Å². The number of nitrogens with zero attached hydrogens (tertiary/aromatic N) is 4. The second kappa shape index (κ2) is 4.22. The summed E-state index contributed by atoms with van der Waals surface area (Å²) in [5, 5.41) is 16.5. The Kier molecular flexibility index (Phi) is 2.77. The minimum atomic E-state index is 0.130. The van der Waals surface area contributed by atoms with E-state index in [0.717, 1.165) is 5.56 Å². The fourth-order valence-electron chi connectivity index (χ4n) is 1.24. The van der Waals surface area contributed by atoms with E-state index in [9.17, 15) is 0 Å². The molecule has 1 N–H and O–H groups in total. The Morgan fingerprint density at radius 1 is 1.53 bits per heavy atom. The second-order valence-electron chi connectivity index (χ2n) is 3.24. The highest BCUT2D eigenvalue weighted by atomic mass is 16.5. The van der Waals surface area contributed by atoms with Crippen LogP contribution in [0.5, 0.6) is 0 Å². The summed E-state index contributed by atoms with van der Waals surface area (Å²) in [7, 11) is 1.83. The zero-order valence-corrected chi connectivity index (χ0v) is 8.42. The van der Waals surface area contributed by atoms with Gasteiger partial charge in [-0.1, -0.05) is 5.16 Å². The molecule has 2 rings (SSSR count). The Morgan fingerprint density at radius 2 is 2.40 bits per heavy atom. The van der Waals surface area contributed by atoms with Gasteiger partial charge in [0.25, 0.3) is 0 Å². The maximum atomic E-state index is 8.65. The lowest BCUT2D eigenvalue weighted by atomic mass is 10.3. The fraction of sp³-hybridized carbons (Fsp3) is 0.444. The van der Waals surface area contributed by atoms with Gasteiger partial charge in [-0.25, -0.2) is 0 Å². The lowest BCUT2D eigenvalue weighted by Gasteiger charge is -1.87. The molecule has 15 heavy (non-hydrogen) atoms. The molecule has 0 aromatic carbocycles. The van der Waals surface area contributed by atoms with E-state index in [4.69, 9.17) is 9.63 Å². The number of aliphatic hydroxyl groups is 1. The predicted molar refractivity (Wildman–Crippen MR) is 51.9 cm³/mol. The summed E-state index contributed by atoms with van der Waals surface area (Å²) in [4.78, 5) is 4.19. The number of hydrogen-bond acceptors (Lipinski definition) is 5. The molecule has 0 unspecified atom stereocenters. The molecule has 0 amide bonds. The van der Waals surface area contributed by atoms with Crippen LogP contribution in [0.2, 0.25) is 0 Å². The van der Waals surface area contributed by atoms with Crippen LogP contribution < -0.4 is 0 Å². The van der Waals surface area contributed by atoms with Crippen molar-refractivity contribution in [2.45, 2.75) is 12.8 Å². The van der Waals surface area contributed by atoms with Gasteiger partial charge in [-0.15, -0.1) is 0 Å². The number of aliphatic hydroxyl groups excluding tert-OH is 1. The Bertz CT molecular complexity index is 435. The van der Waals surface area contributed by atoms with Crippen molar-refractivity contribution in [1.29, 1.82) is 0 Å². The molecule has 0 bridgehead atoms. The molecule has 0 aliphatic carbocycles. The molecule has 0 saturated carbocycles. The lowest BCUT2D eigenvalue weighted by molar-refractivity contribution is 0.278. The number of rotatable bonds is 4. The summed E-state index contributed by atoms with van der Waals surface area (Å²) < 4.78 is 6.70. The van der Waals surface area contributed by atoms with Crippen molar-refractivity contribution >= 4 is 0 Å². The van der Waals surface area contributed by atoms with Gasteiger partial charge in [0.1, 0.15) is 0 Å². The SMILES string of the molecule is Cn1cc(-c2noc(CCCO)n2)cn1. The predicted octanol–water partition coefficient (Wildman–Crippen LogP) is 0.395. The minimum absolute atomic E-state index is 0.130. The van der Waals surface area contributed by atoms with Gasteiger partial charge >= 0.3 is 0 Å². The zero-order chi connectivity index (χ0) is 10.7. The Balaban J connectivity index is 2.13. The van der Waals surface area contributed by atoms with Gasteiger partial charge in [0.2, 0.25) is 11.7 Å². The van der Waals surface area contributed by atoms with Crippen LogP contribution in [0, 0.1) is 0 Å². The highest BCUT2D eigenvalue weighted by Crippen LogP contribution is 2.14. The molecule has 0 aliphatic heterocycles. The van der Waals surface area contributed by atoms with Gasteiger partial charge in [0, 0.05) is 26.3 Å². The fourth-order valence-corrected chi connectivity index (χ4v) is 1.24. The quantitative estimate of drug-likeness (QED) is 0.786. The first-order chi connectivity index (χ1) is 7.29. The van der Waals surface area contributed by atoms with Gasteiger partial charge in [-0.2, -0.15) is 10.1 Å². The molecule has 6 nitrogen and oxygen atoms in total. The number of hydrogen-bond donors (Lipinski definition) is 1. The molecule has 0 aliphatic rings. The molecule has 6 heteroatoms. The molecule has 0 saturated heterocycles. The number of aryl methyl sites for hydroxylation is 2. The molecule has 0 fully saturated rings. The molecular formula is C9H12N4O2. The molecule has 0 spiro atoms. The third-order valence-electron chi connectivity index (χ3n) is 1.98. The molecule has 80 valence electrons. The van der Waals surface area contributed by atoms with E-state index in [1.165, 1.54) is 0 Å². The van der Waals surface area contributed by atoms with Crippen LogP contribution in [0.15, 0.2) is 16.9 Å². The van der Waals surface area contributed by atoms with E-state index in [0.29, 0.717) is 24.6 Å². The maximum absolute atomic E-state index is 8.65. The normalized spacial score (nSPS) is 10.8. The van der Waals surface area contributed by atoms with Gasteiger partial charge in [0.05, 0.1) is 11.8 Å². The Morgan fingerprint density at radius 3 is 3.07 bits per heavy atom. The van der Waals surface area contributed by atoms with E-state index in [2.05, 4.69) is 15.2 Å². The monoisotopic (exact) mass is 208 g/mol. The molecule has 0 radical (unpaired) electrons. The highest BCUT2D eigenvalue weighted by molar-refractivity contribution is 5.50. The first kappa shape index (κ1) is 9.85. The van der Waals surface area contributed by atoms with E-state index < -0.39 is 0 Å². The summed E-state index contributed by atoms with van der Waals surface area (Å²) in [6, 6.07) is 0. The molecule has 2 heterocycles. The van der Waals surface area contributed by atoms with Gasteiger partial charge < -0.3 is 9.63 Å². The summed E-state index contributed by atoms with van der Waals surface area (Å²) in [6.45, 7) is 0.130. The highest BCUT2D eigenvalue weighted by Gasteiger charge is 2.09. The van der Waals surface area contributed by atoms with Crippen molar-refractivity contribution in [1.82, 2.24) is 19.9 Å². The van der Waals surface area contributed by atoms with Gasteiger partial charge in [-0.05, 0) is 6.42 Å². The smallest absolute Gasteiger partial charge is 0.227 e. The minimum Gasteiger partial charge on any atom is -0.396 e. The first-order valence-corrected chi connectivity index (χ1v) is 4.72. The van der Waals surface area contributed by atoms with Crippen LogP contribution in [0.4, 0.5) is 0 Å². The Hall–Kier alpha value is -1.69. The van der Waals surface area contributed by atoms with E-state index >= 15 is 0 Å². The first-order valence-electron chi connectivity index (χ1n) is 4.72. The third kappa shape index (κ3) is 2.21. The van der Waals surface area contributed by atoms with Crippen LogP contribution in [0.25, 0.3) is 11.4 Å². The largest absolute Gasteiger partial charge is 0.396 e. The van der Waals surface area contributed by atoms with Crippen LogP contribution in [0.1, 0.15) is 12.3 Å². The van der Waals surface area contributed by atoms with Crippen LogP contribution in [-0.2, 0) is 13.5 Å². The van der Waals surface area contributed by atoms with E-state index in [1.54, 1.807) is 10.9 Å². The summed E-state index contributed by atoms with van der Waals surface area (Å²) in [5.74, 6) is 1.08. The molecule has 0 atom stereocenters. The average Bonchev–Trinajstić information content (AvgIpc) is 2.83. The topological polar surface area (TPSA) is 77.0 Å². The van der Waals surface area contributed by atoms with E-state index in [1.807, 2.05) is 13.2 Å².